The standard InChI is InChI=1S/C17H12F3NO4/c18-17(19,20)12-6-2-1-5-11(12)10-24-15(22)9-21-13-7-3-4-8-14(13)25-16(21)23/h1-8H,9-10H2. The van der Waals surface area contributed by atoms with E-state index in [-0.39, 0.29) is 5.56 Å². The molecule has 5 nitrogen and oxygen atoms in total. The Morgan fingerprint density at radius 1 is 1.08 bits per heavy atom. The maximum absolute atomic E-state index is 12.9. The predicted molar refractivity (Wildman–Crippen MR) is 81.7 cm³/mol. The fourth-order valence-corrected chi connectivity index (χ4v) is 2.42. The molecule has 8 heteroatoms. The Kier molecular flexibility index (Phi) is 4.35. The molecule has 3 rings (SSSR count). The fraction of sp³-hybridized carbons (Fsp3) is 0.176. The van der Waals surface area contributed by atoms with Gasteiger partial charge in [-0.15, -0.1) is 0 Å². The molecular formula is C17H12F3NO4. The van der Waals surface area contributed by atoms with Gasteiger partial charge in [0, 0.05) is 5.56 Å². The van der Waals surface area contributed by atoms with Crippen LogP contribution in [0.2, 0.25) is 0 Å². The van der Waals surface area contributed by atoms with Crippen LogP contribution in [0.3, 0.4) is 0 Å². The molecule has 0 saturated heterocycles. The van der Waals surface area contributed by atoms with Crippen molar-refractivity contribution in [1.82, 2.24) is 4.57 Å². The maximum Gasteiger partial charge on any atom is 0.420 e. The molecule has 0 bridgehead atoms. The van der Waals surface area contributed by atoms with Crippen molar-refractivity contribution in [3.8, 4) is 0 Å². The minimum Gasteiger partial charge on any atom is -0.459 e. The van der Waals surface area contributed by atoms with E-state index < -0.39 is 36.6 Å². The van der Waals surface area contributed by atoms with Crippen LogP contribution in [-0.2, 0) is 28.9 Å². The number of nitrogens with zero attached hydrogens (tertiary/aromatic N) is 1. The highest BCUT2D eigenvalue weighted by atomic mass is 19.4. The second-order valence-corrected chi connectivity index (χ2v) is 5.24. The van der Waals surface area contributed by atoms with Crippen molar-refractivity contribution in [2.24, 2.45) is 0 Å². The van der Waals surface area contributed by atoms with E-state index in [1.165, 1.54) is 18.2 Å². The van der Waals surface area contributed by atoms with Crippen LogP contribution in [0.5, 0.6) is 0 Å². The molecule has 0 saturated carbocycles. The number of esters is 1. The van der Waals surface area contributed by atoms with Crippen LogP contribution in [-0.4, -0.2) is 10.5 Å². The first-order valence-electron chi connectivity index (χ1n) is 7.25. The third-order valence-electron chi connectivity index (χ3n) is 3.57. The van der Waals surface area contributed by atoms with Crippen molar-refractivity contribution >= 4 is 17.1 Å². The summed E-state index contributed by atoms with van der Waals surface area (Å²) in [7, 11) is 0. The van der Waals surface area contributed by atoms with E-state index in [0.29, 0.717) is 11.1 Å². The predicted octanol–water partition coefficient (Wildman–Crippen LogP) is 3.36. The lowest BCUT2D eigenvalue weighted by atomic mass is 10.1. The third kappa shape index (κ3) is 3.57. The highest BCUT2D eigenvalue weighted by Gasteiger charge is 2.33. The van der Waals surface area contributed by atoms with Crippen molar-refractivity contribution in [3.05, 3.63) is 70.2 Å². The molecular weight excluding hydrogens is 339 g/mol. The highest BCUT2D eigenvalue weighted by molar-refractivity contribution is 5.76. The lowest BCUT2D eigenvalue weighted by Crippen LogP contribution is -2.22. The van der Waals surface area contributed by atoms with Crippen LogP contribution in [0.15, 0.2) is 57.7 Å². The van der Waals surface area contributed by atoms with Gasteiger partial charge < -0.3 is 9.15 Å². The number of benzene rings is 2. The zero-order chi connectivity index (χ0) is 18.0. The summed E-state index contributed by atoms with van der Waals surface area (Å²) in [6.07, 6.45) is -4.54. The van der Waals surface area contributed by atoms with Gasteiger partial charge in [-0.3, -0.25) is 9.36 Å². The Morgan fingerprint density at radius 3 is 2.52 bits per heavy atom. The number of carbonyl (C=O) groups excluding carboxylic acids is 1. The van der Waals surface area contributed by atoms with Gasteiger partial charge in [0.25, 0.3) is 0 Å². The lowest BCUT2D eigenvalue weighted by Gasteiger charge is -2.12. The summed E-state index contributed by atoms with van der Waals surface area (Å²) in [5.74, 6) is -1.58. The summed E-state index contributed by atoms with van der Waals surface area (Å²) in [4.78, 5) is 23.7. The van der Waals surface area contributed by atoms with Gasteiger partial charge in [0.05, 0.1) is 11.1 Å². The van der Waals surface area contributed by atoms with E-state index in [0.717, 1.165) is 10.6 Å². The zero-order valence-electron chi connectivity index (χ0n) is 12.7. The Morgan fingerprint density at radius 2 is 1.76 bits per heavy atom. The first-order chi connectivity index (χ1) is 11.9. The van der Waals surface area contributed by atoms with Gasteiger partial charge in [-0.25, -0.2) is 4.79 Å². The number of carbonyl (C=O) groups is 1. The Balaban J connectivity index is 1.74. The van der Waals surface area contributed by atoms with Gasteiger partial charge in [-0.05, 0) is 18.2 Å². The van der Waals surface area contributed by atoms with Gasteiger partial charge in [-0.2, -0.15) is 13.2 Å². The second kappa shape index (κ2) is 6.46. The molecule has 0 aliphatic rings. The Bertz CT molecular complexity index is 972. The molecule has 1 aromatic heterocycles. The van der Waals surface area contributed by atoms with Gasteiger partial charge in [-0.1, -0.05) is 30.3 Å². The molecule has 2 aromatic carbocycles. The van der Waals surface area contributed by atoms with Gasteiger partial charge in [0.15, 0.2) is 5.58 Å². The number of rotatable bonds is 4. The number of ether oxygens (including phenoxy) is 1. The molecule has 3 aromatic rings. The van der Waals surface area contributed by atoms with E-state index in [1.54, 1.807) is 24.3 Å². The number of halogens is 3. The number of alkyl halides is 3. The summed E-state index contributed by atoms with van der Waals surface area (Å²) in [5, 5.41) is 0. The first-order valence-corrected chi connectivity index (χ1v) is 7.25. The number of para-hydroxylation sites is 2. The zero-order valence-corrected chi connectivity index (χ0v) is 12.7. The monoisotopic (exact) mass is 351 g/mol. The summed E-state index contributed by atoms with van der Waals surface area (Å²) >= 11 is 0. The molecule has 1 heterocycles. The van der Waals surface area contributed by atoms with Crippen molar-refractivity contribution in [1.29, 1.82) is 0 Å². The summed E-state index contributed by atoms with van der Waals surface area (Å²) in [6.45, 7) is -0.997. The minimum atomic E-state index is -4.54. The molecule has 0 N–H and O–H groups in total. The maximum atomic E-state index is 12.9. The molecule has 25 heavy (non-hydrogen) atoms. The van der Waals surface area contributed by atoms with Crippen LogP contribution in [0.25, 0.3) is 11.1 Å². The number of oxazole rings is 1. The molecule has 0 amide bonds. The van der Waals surface area contributed by atoms with Crippen LogP contribution < -0.4 is 5.76 Å². The van der Waals surface area contributed by atoms with Crippen LogP contribution >= 0.6 is 0 Å². The number of hydrogen-bond acceptors (Lipinski definition) is 4. The summed E-state index contributed by atoms with van der Waals surface area (Å²) < 4.78 is 49.7. The molecule has 0 unspecified atom stereocenters. The van der Waals surface area contributed by atoms with E-state index in [4.69, 9.17) is 9.15 Å². The topological polar surface area (TPSA) is 61.4 Å². The minimum absolute atomic E-state index is 0.159. The highest BCUT2D eigenvalue weighted by Crippen LogP contribution is 2.32. The van der Waals surface area contributed by atoms with Crippen molar-refractivity contribution < 1.29 is 27.1 Å². The lowest BCUT2D eigenvalue weighted by molar-refractivity contribution is -0.148. The number of aromatic nitrogens is 1. The fourth-order valence-electron chi connectivity index (χ4n) is 2.42. The van der Waals surface area contributed by atoms with E-state index in [9.17, 15) is 22.8 Å². The second-order valence-electron chi connectivity index (χ2n) is 5.24. The van der Waals surface area contributed by atoms with E-state index >= 15 is 0 Å². The van der Waals surface area contributed by atoms with Crippen LogP contribution in [0.4, 0.5) is 13.2 Å². The third-order valence-corrected chi connectivity index (χ3v) is 3.57. The molecule has 0 fully saturated rings. The SMILES string of the molecule is O=C(Cn1c(=O)oc2ccccc21)OCc1ccccc1C(F)(F)F. The molecule has 0 radical (unpaired) electrons. The first kappa shape index (κ1) is 16.8. The largest absolute Gasteiger partial charge is 0.459 e. The summed E-state index contributed by atoms with van der Waals surface area (Å²) in [6, 6.07) is 11.3. The molecule has 0 atom stereocenters. The average Bonchev–Trinajstić information content (AvgIpc) is 2.88. The van der Waals surface area contributed by atoms with E-state index in [1.807, 2.05) is 0 Å². The average molecular weight is 351 g/mol. The molecule has 130 valence electrons. The van der Waals surface area contributed by atoms with Gasteiger partial charge in [0.1, 0.15) is 13.2 Å². The number of fused-ring (bicyclic) bond motifs is 1. The van der Waals surface area contributed by atoms with Gasteiger partial charge >= 0.3 is 17.9 Å². The van der Waals surface area contributed by atoms with Crippen molar-refractivity contribution in [3.63, 3.8) is 0 Å². The quantitative estimate of drug-likeness (QED) is 0.676. The summed E-state index contributed by atoms with van der Waals surface area (Å²) in [5.41, 5.74) is -0.315. The van der Waals surface area contributed by atoms with Gasteiger partial charge in [0.2, 0.25) is 0 Å². The van der Waals surface area contributed by atoms with Crippen LogP contribution in [0, 0.1) is 0 Å². The molecule has 0 aliphatic heterocycles. The van der Waals surface area contributed by atoms with E-state index in [2.05, 4.69) is 0 Å². The number of hydrogen-bond donors (Lipinski definition) is 0. The Hall–Kier alpha value is -3.03. The normalized spacial score (nSPS) is 11.6. The van der Waals surface area contributed by atoms with Crippen molar-refractivity contribution in [2.75, 3.05) is 0 Å². The van der Waals surface area contributed by atoms with Crippen molar-refractivity contribution in [2.45, 2.75) is 19.3 Å². The van der Waals surface area contributed by atoms with Crippen LogP contribution in [0.1, 0.15) is 11.1 Å². The molecule has 0 aliphatic carbocycles. The molecule has 0 spiro atoms. The smallest absolute Gasteiger partial charge is 0.420 e. The Labute approximate surface area is 139 Å².